The van der Waals surface area contributed by atoms with Crippen molar-refractivity contribution in [2.45, 2.75) is 6.42 Å². The Balaban J connectivity index is 0.000000186. The van der Waals surface area contributed by atoms with Gasteiger partial charge in [0, 0.05) is 47.8 Å². The van der Waals surface area contributed by atoms with Gasteiger partial charge in [-0.3, -0.25) is 0 Å². The average molecular weight is 1390 g/mol. The lowest BCUT2D eigenvalue weighted by atomic mass is 10.1. The van der Waals surface area contributed by atoms with Gasteiger partial charge in [0.25, 0.3) is 0 Å². The molecule has 0 heterocycles. The number of benzene rings is 10. The molecule has 0 aliphatic heterocycles. The summed E-state index contributed by atoms with van der Waals surface area (Å²) in [6.45, 7) is 0. The van der Waals surface area contributed by atoms with Crippen molar-refractivity contribution in [3.05, 3.63) is 297 Å². The van der Waals surface area contributed by atoms with Crippen LogP contribution in [0.2, 0.25) is 10.0 Å². The first-order chi connectivity index (χ1) is 35.0. The summed E-state index contributed by atoms with van der Waals surface area (Å²) in [6, 6.07) is 87.7. The summed E-state index contributed by atoms with van der Waals surface area (Å²) in [6.07, 6.45) is 0.888. The summed E-state index contributed by atoms with van der Waals surface area (Å²) >= 11 is 27.5. The largest absolute Gasteiger partial charge is 0.456 e. The van der Waals surface area contributed by atoms with E-state index in [-0.39, 0.29) is 0 Å². The van der Waals surface area contributed by atoms with Crippen LogP contribution in [0.3, 0.4) is 0 Å². The molecule has 0 aliphatic rings. The lowest BCUT2D eigenvalue weighted by molar-refractivity contribution is 0.491. The molecule has 0 amide bonds. The number of nitrogen functional groups attached to an aromatic ring is 1. The monoisotopic (exact) mass is 1380 g/mol. The molecule has 0 unspecified atom stereocenters. The van der Waals surface area contributed by atoms with E-state index < -0.39 is 15.8 Å². The highest BCUT2D eigenvalue weighted by atomic mass is 127. The van der Waals surface area contributed by atoms with Crippen LogP contribution in [0.4, 0.5) is 5.69 Å². The van der Waals surface area contributed by atoms with Crippen LogP contribution in [0.15, 0.2) is 273 Å². The van der Waals surface area contributed by atoms with Crippen molar-refractivity contribution in [3.63, 3.8) is 0 Å². The minimum Gasteiger partial charge on any atom is -0.456 e. The van der Waals surface area contributed by atoms with Gasteiger partial charge in [0.2, 0.25) is 0 Å². The second-order valence-corrected chi connectivity index (χ2v) is 25.5. The van der Waals surface area contributed by atoms with Crippen molar-refractivity contribution in [3.8, 4) is 11.5 Å². The zero-order valence-electron chi connectivity index (χ0n) is 38.5. The van der Waals surface area contributed by atoms with E-state index in [9.17, 15) is 0 Å². The van der Waals surface area contributed by atoms with Gasteiger partial charge in [-0.2, -0.15) is 0 Å². The Bertz CT molecular complexity index is 3050. The number of halogens is 7. The van der Waals surface area contributed by atoms with E-state index in [1.165, 1.54) is 51.0 Å². The van der Waals surface area contributed by atoms with Crippen molar-refractivity contribution in [2.75, 3.05) is 5.73 Å². The summed E-state index contributed by atoms with van der Waals surface area (Å²) < 4.78 is 12.4. The third kappa shape index (κ3) is 16.4. The van der Waals surface area contributed by atoms with Gasteiger partial charge in [0.1, 0.15) is 11.5 Å². The minimum atomic E-state index is -0.795. The number of hydrogen-bond acceptors (Lipinski definition) is 2. The molecule has 0 saturated heterocycles. The summed E-state index contributed by atoms with van der Waals surface area (Å²) in [7, 11) is -1.59. The van der Waals surface area contributed by atoms with E-state index in [4.69, 9.17) is 33.7 Å². The van der Waals surface area contributed by atoms with Crippen LogP contribution < -0.4 is 42.3 Å². The maximum absolute atomic E-state index is 6.92. The highest BCUT2D eigenvalue weighted by molar-refractivity contribution is 14.1. The number of para-hydroxylation sites is 2. The molecule has 0 fully saturated rings. The van der Waals surface area contributed by atoms with E-state index >= 15 is 0 Å². The highest BCUT2D eigenvalue weighted by Crippen LogP contribution is 2.41. The Kier molecular flexibility index (Phi) is 22.5. The molecule has 10 rings (SSSR count). The summed E-state index contributed by atoms with van der Waals surface area (Å²) in [5.74, 6) is 1.81. The number of nitrogens with two attached hydrogens (primary N) is 1. The first-order valence-electron chi connectivity index (χ1n) is 22.5. The second-order valence-electron chi connectivity index (χ2n) is 15.6. The van der Waals surface area contributed by atoms with Crippen molar-refractivity contribution >= 4 is 163 Å². The molecule has 10 aromatic carbocycles. The maximum Gasteiger partial charge on any atom is 0.135 e. The van der Waals surface area contributed by atoms with Gasteiger partial charge in [0.05, 0.1) is 0 Å². The predicted molar refractivity (Wildman–Crippen MR) is 337 cm³/mol. The Morgan fingerprint density at radius 3 is 1.12 bits per heavy atom. The first-order valence-corrected chi connectivity index (χ1v) is 30.2. The molecule has 2 N–H and O–H groups in total. The van der Waals surface area contributed by atoms with Crippen molar-refractivity contribution in [2.24, 2.45) is 0 Å². The highest BCUT2D eigenvalue weighted by Gasteiger charge is 2.24. The zero-order valence-corrected chi connectivity index (χ0v) is 50.3. The molecular weight excluding hydrogens is 1340 g/mol. The molecule has 0 saturated carbocycles. The minimum absolute atomic E-state index is 0.691. The average Bonchev–Trinajstić information content (AvgIpc) is 3.40. The molecule has 0 spiro atoms. The molecule has 72 heavy (non-hydrogen) atoms. The number of hydrogen-bond donors (Lipinski definition) is 1. The predicted octanol–water partition coefficient (Wildman–Crippen LogP) is 18.2. The molecule has 0 bridgehead atoms. The van der Waals surface area contributed by atoms with Gasteiger partial charge in [-0.15, -0.1) is 0 Å². The molecule has 0 atom stereocenters. The zero-order chi connectivity index (χ0) is 50.7. The second kappa shape index (κ2) is 29.1. The van der Waals surface area contributed by atoms with Crippen LogP contribution in [0, 0.1) is 3.57 Å². The van der Waals surface area contributed by atoms with Gasteiger partial charge < -0.3 is 10.5 Å². The summed E-state index contributed by atoms with van der Waals surface area (Å²) in [5.41, 5.74) is 8.69. The smallest absolute Gasteiger partial charge is 0.135 e. The quantitative estimate of drug-likeness (QED) is 0.0841. The van der Waals surface area contributed by atoms with Crippen molar-refractivity contribution in [1.29, 1.82) is 0 Å². The SMILES string of the molecule is Brc1ccccc1I.Clc1ccc(Cc2ccccc2Br)c(Br)c1.Nc1ccc(Cl)cc1Br.c1ccc(P(c2ccccc2)c2ccccc2Oc2ccccc2P(c2ccccc2)c2ccccc2)cc1. The standard InChI is InChI=1S/C36H28OP2.C13H9Br2Cl.C6H5BrClN.C6H4BrI/c1-5-17-29(18-6-1)38(30-19-7-2-8-20-30)35-27-15-13-25-33(35)37-34-26-14-16-28-36(34)39(31-21-9-3-10-22-31)32-23-11-4-12-24-32;14-12-4-2-1-3-9(12)7-10-5-6-11(16)8-13(10)15;7-5-3-4(8)1-2-6(5)9;7-5-3-1-2-4-6(5)8/h1-28H;1-6,8H,7H2;1-3H,9H2;1-4H. The molecule has 360 valence electrons. The molecule has 0 aromatic heterocycles. The fraction of sp³-hybridized carbons (Fsp3) is 0.0164. The van der Waals surface area contributed by atoms with Crippen LogP contribution >= 0.6 is 125 Å². The van der Waals surface area contributed by atoms with Gasteiger partial charge in [0.15, 0.2) is 0 Å². The lowest BCUT2D eigenvalue weighted by Gasteiger charge is -2.25. The molecule has 10 aromatic rings. The topological polar surface area (TPSA) is 35.2 Å². The van der Waals surface area contributed by atoms with Gasteiger partial charge in [-0.05, 0) is 170 Å². The number of rotatable bonds is 10. The Hall–Kier alpha value is -4.11. The van der Waals surface area contributed by atoms with Crippen LogP contribution in [0.1, 0.15) is 11.1 Å². The van der Waals surface area contributed by atoms with Gasteiger partial charge in [-0.1, -0.05) is 249 Å². The van der Waals surface area contributed by atoms with E-state index in [1.54, 1.807) is 18.2 Å². The van der Waals surface area contributed by atoms with Crippen molar-refractivity contribution in [1.82, 2.24) is 0 Å². The van der Waals surface area contributed by atoms with Gasteiger partial charge in [-0.25, -0.2) is 0 Å². The van der Waals surface area contributed by atoms with Crippen LogP contribution in [0.5, 0.6) is 11.5 Å². The Morgan fingerprint density at radius 2 is 0.736 bits per heavy atom. The fourth-order valence-electron chi connectivity index (χ4n) is 7.19. The van der Waals surface area contributed by atoms with Crippen LogP contribution in [0.25, 0.3) is 0 Å². The van der Waals surface area contributed by atoms with E-state index in [0.29, 0.717) is 10.7 Å². The first kappa shape index (κ1) is 55.6. The summed E-state index contributed by atoms with van der Waals surface area (Å²) in [4.78, 5) is 0. The van der Waals surface area contributed by atoms with Gasteiger partial charge >= 0.3 is 0 Å². The van der Waals surface area contributed by atoms with E-state index in [1.807, 2.05) is 48.5 Å². The molecule has 0 radical (unpaired) electrons. The number of anilines is 1. The van der Waals surface area contributed by atoms with E-state index in [0.717, 1.165) is 36.4 Å². The number of ether oxygens (including phenoxy) is 1. The van der Waals surface area contributed by atoms with Crippen LogP contribution in [-0.2, 0) is 6.42 Å². The maximum atomic E-state index is 6.92. The Labute approximate surface area is 483 Å². The lowest BCUT2D eigenvalue weighted by Crippen LogP contribution is -2.23. The molecule has 2 nitrogen and oxygen atoms in total. The Morgan fingerprint density at radius 1 is 0.375 bits per heavy atom. The molecular formula is C61H46Br4Cl2INOP2. The molecule has 0 aliphatic carbocycles. The third-order valence-corrected chi connectivity index (χ3v) is 20.6. The summed E-state index contributed by atoms with van der Waals surface area (Å²) in [5, 5.41) is 9.08. The van der Waals surface area contributed by atoms with Crippen LogP contribution in [-0.4, -0.2) is 0 Å². The molecule has 11 heteroatoms. The van der Waals surface area contributed by atoms with Crippen molar-refractivity contribution < 1.29 is 4.74 Å². The normalized spacial score (nSPS) is 10.5. The third-order valence-electron chi connectivity index (χ3n) is 10.6. The fourth-order valence-corrected chi connectivity index (χ4v) is 14.5. The van der Waals surface area contributed by atoms with E-state index in [2.05, 4.69) is 274 Å².